The van der Waals surface area contributed by atoms with Gasteiger partial charge in [-0.05, 0) is 81.6 Å². The number of carbonyl (C=O) groups excluding carboxylic acids is 1. The smallest absolute Gasteiger partial charge is 0.248 e. The van der Waals surface area contributed by atoms with Crippen molar-refractivity contribution in [2.24, 2.45) is 45.3 Å². The van der Waals surface area contributed by atoms with Gasteiger partial charge in [0.2, 0.25) is 11.8 Å². The van der Waals surface area contributed by atoms with Gasteiger partial charge in [0.15, 0.2) is 0 Å². The van der Waals surface area contributed by atoms with Gasteiger partial charge in [-0.25, -0.2) is 8.78 Å². The lowest BCUT2D eigenvalue weighted by Crippen LogP contribution is -2.47. The maximum Gasteiger partial charge on any atom is 0.248 e. The third kappa shape index (κ3) is 5.17. The molecule has 0 spiro atoms. The Kier molecular flexibility index (Phi) is 6.34. The molecule has 0 aromatic heterocycles. The molecule has 6 aliphatic rings. The van der Waals surface area contributed by atoms with Crippen molar-refractivity contribution < 1.29 is 13.6 Å². The number of amides is 1. The molecule has 2 bridgehead atoms. The highest BCUT2D eigenvalue weighted by atomic mass is 19.3. The van der Waals surface area contributed by atoms with E-state index in [4.69, 9.17) is 15.7 Å². The maximum absolute atomic E-state index is 13.2. The van der Waals surface area contributed by atoms with Gasteiger partial charge in [-0.15, -0.1) is 0 Å². The lowest BCUT2D eigenvalue weighted by atomic mass is 9.68. The van der Waals surface area contributed by atoms with E-state index >= 15 is 0 Å². The number of carbonyl (C=O) groups is 1. The summed E-state index contributed by atoms with van der Waals surface area (Å²) in [7, 11) is 0. The van der Waals surface area contributed by atoms with E-state index in [-0.39, 0.29) is 36.9 Å². The van der Waals surface area contributed by atoms with Crippen LogP contribution >= 0.6 is 0 Å². The van der Waals surface area contributed by atoms with Crippen molar-refractivity contribution in [2.75, 3.05) is 0 Å². The van der Waals surface area contributed by atoms with Gasteiger partial charge in [-0.3, -0.25) is 14.8 Å². The van der Waals surface area contributed by atoms with E-state index in [1.165, 1.54) is 25.0 Å². The molecule has 182 valence electrons. The van der Waals surface area contributed by atoms with Crippen molar-refractivity contribution in [3.05, 3.63) is 11.8 Å². The van der Waals surface area contributed by atoms with Gasteiger partial charge in [0.1, 0.15) is 12.2 Å². The zero-order chi connectivity index (χ0) is 23.2. The molecule has 4 saturated carbocycles. The highest BCUT2D eigenvalue weighted by Gasteiger charge is 2.45. The van der Waals surface area contributed by atoms with E-state index in [0.29, 0.717) is 30.1 Å². The van der Waals surface area contributed by atoms with Crippen LogP contribution < -0.4 is 11.1 Å². The van der Waals surface area contributed by atoms with E-state index in [9.17, 15) is 13.6 Å². The first-order valence-corrected chi connectivity index (χ1v) is 13.0. The Morgan fingerprint density at radius 1 is 1.15 bits per heavy atom. The number of rotatable bonds is 6. The average Bonchev–Trinajstić information content (AvgIpc) is 3.18. The van der Waals surface area contributed by atoms with E-state index < -0.39 is 5.92 Å². The normalized spacial score (nSPS) is 38.0. The molecule has 5 nitrogen and oxygen atoms in total. The van der Waals surface area contributed by atoms with Gasteiger partial charge < -0.3 is 11.1 Å². The van der Waals surface area contributed by atoms with Crippen molar-refractivity contribution >= 4 is 17.3 Å². The standard InChI is InChI=1S/C26H38F2N4O/c1-15-30-22-12-20(8-6-18-13-26(27,28)14-18)32-25(22)24(31-15)21-10-17-5-7-19(21)4-2-3-16(9-17)11-23(29)33/h12,15-19,21,25,32H,2-11,13-14H2,1H3,(H2,29,33). The molecular weight excluding hydrogens is 422 g/mol. The third-order valence-corrected chi connectivity index (χ3v) is 8.74. The number of halogens is 2. The van der Waals surface area contributed by atoms with Crippen molar-refractivity contribution in [3.8, 4) is 0 Å². The number of allylic oxidation sites excluding steroid dienone is 1. The van der Waals surface area contributed by atoms with Crippen LogP contribution in [0.25, 0.3) is 0 Å². The number of alkyl halides is 2. The molecule has 0 saturated heterocycles. The Hall–Kier alpha value is -1.79. The molecule has 2 aliphatic heterocycles. The fourth-order valence-corrected chi connectivity index (χ4v) is 7.21. The van der Waals surface area contributed by atoms with Crippen LogP contribution in [0.3, 0.4) is 0 Å². The molecule has 0 aromatic rings. The number of fused-ring (bicyclic) bond motifs is 7. The van der Waals surface area contributed by atoms with Crippen LogP contribution in [-0.2, 0) is 4.79 Å². The molecular formula is C26H38F2N4O. The Labute approximate surface area is 195 Å². The number of hydrogen-bond acceptors (Lipinski definition) is 4. The summed E-state index contributed by atoms with van der Waals surface area (Å²) >= 11 is 0. The summed E-state index contributed by atoms with van der Waals surface area (Å²) in [6.45, 7) is 2.06. The van der Waals surface area contributed by atoms with Crippen LogP contribution in [0, 0.1) is 29.6 Å². The molecule has 0 aromatic carbocycles. The van der Waals surface area contributed by atoms with Crippen LogP contribution in [0.15, 0.2) is 21.8 Å². The maximum atomic E-state index is 13.2. The molecule has 3 N–H and O–H groups in total. The van der Waals surface area contributed by atoms with Gasteiger partial charge in [-0.2, -0.15) is 0 Å². The minimum absolute atomic E-state index is 0.0380. The Balaban J connectivity index is 1.26. The highest BCUT2D eigenvalue weighted by molar-refractivity contribution is 6.19. The number of nitrogens with zero attached hydrogens (tertiary/aromatic N) is 2. The van der Waals surface area contributed by atoms with E-state index in [1.54, 1.807) is 0 Å². The van der Waals surface area contributed by atoms with Gasteiger partial charge >= 0.3 is 0 Å². The molecule has 0 radical (unpaired) electrons. The minimum atomic E-state index is -2.44. The SMILES string of the molecule is CC1N=C2C=C(CCC3CC(F)(F)C3)NC2C(C2CC3CCC2CCCC(CC(N)=O)C3)=N1. The molecule has 6 rings (SSSR count). The molecule has 7 heteroatoms. The van der Waals surface area contributed by atoms with Crippen LogP contribution in [-0.4, -0.2) is 35.5 Å². The summed E-state index contributed by atoms with van der Waals surface area (Å²) in [5.74, 6) is -0.327. The first-order chi connectivity index (χ1) is 15.8. The Morgan fingerprint density at radius 2 is 1.97 bits per heavy atom. The van der Waals surface area contributed by atoms with Gasteiger partial charge in [0.25, 0.3) is 0 Å². The lowest BCUT2D eigenvalue weighted by molar-refractivity contribution is -0.119. The van der Waals surface area contributed by atoms with E-state index in [2.05, 4.69) is 18.3 Å². The van der Waals surface area contributed by atoms with Crippen LogP contribution in [0.5, 0.6) is 0 Å². The first kappa shape index (κ1) is 23.0. The number of aliphatic imine (C=N–C) groups is 2. The van der Waals surface area contributed by atoms with E-state index in [1.807, 2.05) is 0 Å². The summed E-state index contributed by atoms with van der Waals surface area (Å²) in [5, 5.41) is 3.68. The number of nitrogens with two attached hydrogens (primary N) is 1. The fourth-order valence-electron chi connectivity index (χ4n) is 7.21. The third-order valence-electron chi connectivity index (χ3n) is 8.74. The van der Waals surface area contributed by atoms with Gasteiger partial charge in [0.05, 0.1) is 5.71 Å². The quantitative estimate of drug-likeness (QED) is 0.584. The molecule has 6 unspecified atom stereocenters. The summed E-state index contributed by atoms with van der Waals surface area (Å²) in [6, 6.07) is 0.0486. The largest absolute Gasteiger partial charge is 0.375 e. The molecule has 4 fully saturated rings. The number of primary amides is 1. The van der Waals surface area contributed by atoms with E-state index in [0.717, 1.165) is 49.9 Å². The molecule has 2 heterocycles. The van der Waals surface area contributed by atoms with Crippen LogP contribution in [0.4, 0.5) is 8.78 Å². The summed E-state index contributed by atoms with van der Waals surface area (Å²) in [5.41, 5.74) is 8.99. The van der Waals surface area contributed by atoms with Crippen molar-refractivity contribution in [1.82, 2.24) is 5.32 Å². The average molecular weight is 461 g/mol. The second-order valence-electron chi connectivity index (χ2n) is 11.4. The molecule has 33 heavy (non-hydrogen) atoms. The summed E-state index contributed by atoms with van der Waals surface area (Å²) in [4.78, 5) is 21.4. The highest BCUT2D eigenvalue weighted by Crippen LogP contribution is 2.46. The summed E-state index contributed by atoms with van der Waals surface area (Å²) in [6.07, 6.45) is 12.5. The first-order valence-electron chi connectivity index (χ1n) is 13.0. The van der Waals surface area contributed by atoms with Gasteiger partial charge in [-0.1, -0.05) is 12.8 Å². The minimum Gasteiger partial charge on any atom is -0.375 e. The van der Waals surface area contributed by atoms with Crippen molar-refractivity contribution in [1.29, 1.82) is 0 Å². The van der Waals surface area contributed by atoms with Crippen LogP contribution in [0.1, 0.15) is 84.0 Å². The monoisotopic (exact) mass is 460 g/mol. The zero-order valence-corrected chi connectivity index (χ0v) is 19.7. The zero-order valence-electron chi connectivity index (χ0n) is 19.7. The molecule has 1 amide bonds. The van der Waals surface area contributed by atoms with Crippen LogP contribution in [0.2, 0.25) is 0 Å². The molecule has 4 aliphatic carbocycles. The predicted octanol–water partition coefficient (Wildman–Crippen LogP) is 5.01. The Morgan fingerprint density at radius 3 is 2.73 bits per heavy atom. The van der Waals surface area contributed by atoms with Crippen molar-refractivity contribution in [2.45, 2.75) is 102 Å². The molecule has 6 atom stereocenters. The predicted molar refractivity (Wildman–Crippen MR) is 126 cm³/mol. The second-order valence-corrected chi connectivity index (χ2v) is 11.4. The topological polar surface area (TPSA) is 79.8 Å². The lowest BCUT2D eigenvalue weighted by Gasteiger charge is -2.39. The fraction of sp³-hybridized carbons (Fsp3) is 0.808. The Bertz CT molecular complexity index is 858. The number of hydrogen-bond donors (Lipinski definition) is 2. The second kappa shape index (κ2) is 9.10. The van der Waals surface area contributed by atoms with Crippen molar-refractivity contribution in [3.63, 3.8) is 0 Å². The summed E-state index contributed by atoms with van der Waals surface area (Å²) < 4.78 is 26.4. The number of nitrogens with one attached hydrogen (secondary N) is 1. The van der Waals surface area contributed by atoms with Gasteiger partial charge in [0, 0.05) is 36.6 Å².